The van der Waals surface area contributed by atoms with E-state index in [1.807, 2.05) is 19.1 Å². The molecule has 0 bridgehead atoms. The van der Waals surface area contributed by atoms with Crippen molar-refractivity contribution >= 4 is 11.9 Å². The second-order valence-electron chi connectivity index (χ2n) is 3.64. The SMILES string of the molecule is Cc1ccc(CCC(=O)N[C@@H](C)C(=O)O)o1. The van der Waals surface area contributed by atoms with Crippen LogP contribution in [0.2, 0.25) is 0 Å². The third-order valence-corrected chi connectivity index (χ3v) is 2.14. The topological polar surface area (TPSA) is 79.5 Å². The third kappa shape index (κ3) is 3.76. The van der Waals surface area contributed by atoms with Crippen LogP contribution in [0.15, 0.2) is 16.5 Å². The molecule has 0 aliphatic rings. The van der Waals surface area contributed by atoms with E-state index in [9.17, 15) is 9.59 Å². The molecular weight excluding hydrogens is 210 g/mol. The van der Waals surface area contributed by atoms with Crippen molar-refractivity contribution in [3.8, 4) is 0 Å². The highest BCUT2D eigenvalue weighted by Gasteiger charge is 2.13. The maximum Gasteiger partial charge on any atom is 0.325 e. The van der Waals surface area contributed by atoms with E-state index in [1.165, 1.54) is 6.92 Å². The van der Waals surface area contributed by atoms with Gasteiger partial charge in [0.15, 0.2) is 0 Å². The van der Waals surface area contributed by atoms with Crippen molar-refractivity contribution in [2.24, 2.45) is 0 Å². The van der Waals surface area contributed by atoms with Crippen molar-refractivity contribution in [1.29, 1.82) is 0 Å². The van der Waals surface area contributed by atoms with Crippen molar-refractivity contribution in [2.75, 3.05) is 0 Å². The number of carboxylic acid groups (broad SMARTS) is 1. The number of carbonyl (C=O) groups excluding carboxylic acids is 1. The molecule has 0 spiro atoms. The maximum absolute atomic E-state index is 11.3. The Bertz CT molecular complexity index is 383. The number of nitrogens with one attached hydrogen (secondary N) is 1. The first-order chi connectivity index (χ1) is 7.49. The minimum Gasteiger partial charge on any atom is -0.480 e. The summed E-state index contributed by atoms with van der Waals surface area (Å²) in [6.07, 6.45) is 0.705. The van der Waals surface area contributed by atoms with E-state index in [1.54, 1.807) is 0 Å². The Morgan fingerprint density at radius 3 is 2.69 bits per heavy atom. The minimum atomic E-state index is -1.04. The van der Waals surface area contributed by atoms with Gasteiger partial charge in [-0.25, -0.2) is 0 Å². The van der Waals surface area contributed by atoms with Crippen LogP contribution in [-0.2, 0) is 16.0 Å². The van der Waals surface area contributed by atoms with Gasteiger partial charge in [-0.15, -0.1) is 0 Å². The zero-order chi connectivity index (χ0) is 12.1. The van der Waals surface area contributed by atoms with Crippen molar-refractivity contribution in [1.82, 2.24) is 5.32 Å². The highest BCUT2D eigenvalue weighted by Crippen LogP contribution is 2.08. The standard InChI is InChI=1S/C11H15NO4/c1-7-3-4-9(16-7)5-6-10(13)12-8(2)11(14)15/h3-4,8H,5-6H2,1-2H3,(H,12,13)(H,14,15)/t8-/m0/s1. The van der Waals surface area contributed by atoms with Gasteiger partial charge in [-0.3, -0.25) is 9.59 Å². The van der Waals surface area contributed by atoms with Crippen molar-refractivity contribution < 1.29 is 19.1 Å². The van der Waals surface area contributed by atoms with Crippen LogP contribution in [0.1, 0.15) is 24.9 Å². The molecule has 0 aliphatic heterocycles. The monoisotopic (exact) mass is 225 g/mol. The quantitative estimate of drug-likeness (QED) is 0.786. The van der Waals surface area contributed by atoms with E-state index in [0.717, 1.165) is 11.5 Å². The molecule has 1 heterocycles. The first kappa shape index (κ1) is 12.3. The van der Waals surface area contributed by atoms with Crippen LogP contribution >= 0.6 is 0 Å². The Morgan fingerprint density at radius 2 is 2.19 bits per heavy atom. The Kier molecular flexibility index (Phi) is 4.10. The number of hydrogen-bond acceptors (Lipinski definition) is 3. The number of rotatable bonds is 5. The van der Waals surface area contributed by atoms with Crippen molar-refractivity contribution in [3.05, 3.63) is 23.7 Å². The van der Waals surface area contributed by atoms with Gasteiger partial charge >= 0.3 is 5.97 Å². The van der Waals surface area contributed by atoms with Crippen molar-refractivity contribution in [2.45, 2.75) is 32.7 Å². The van der Waals surface area contributed by atoms with Crippen LogP contribution in [0.3, 0.4) is 0 Å². The summed E-state index contributed by atoms with van der Waals surface area (Å²) in [5, 5.41) is 11.0. The van der Waals surface area contributed by atoms with Gasteiger partial charge in [0.25, 0.3) is 0 Å². The molecule has 0 aliphatic carbocycles. The van der Waals surface area contributed by atoms with Gasteiger partial charge in [-0.05, 0) is 26.0 Å². The smallest absolute Gasteiger partial charge is 0.325 e. The summed E-state index contributed by atoms with van der Waals surface area (Å²) in [5.41, 5.74) is 0. The van der Waals surface area contributed by atoms with Crippen LogP contribution in [0, 0.1) is 6.92 Å². The fourth-order valence-electron chi connectivity index (χ4n) is 1.23. The predicted octanol–water partition coefficient (Wildman–Crippen LogP) is 1.11. The highest BCUT2D eigenvalue weighted by molar-refractivity contribution is 5.83. The molecule has 1 aromatic rings. The first-order valence-corrected chi connectivity index (χ1v) is 5.06. The molecule has 1 atom stereocenters. The third-order valence-electron chi connectivity index (χ3n) is 2.14. The molecular formula is C11H15NO4. The lowest BCUT2D eigenvalue weighted by Gasteiger charge is -2.08. The first-order valence-electron chi connectivity index (χ1n) is 5.06. The number of aliphatic carboxylic acids is 1. The Morgan fingerprint density at radius 1 is 1.50 bits per heavy atom. The van der Waals surface area contributed by atoms with E-state index >= 15 is 0 Å². The molecule has 0 saturated carbocycles. The number of carbonyl (C=O) groups is 2. The van der Waals surface area contributed by atoms with Gasteiger partial charge in [0.1, 0.15) is 17.6 Å². The van der Waals surface area contributed by atoms with Crippen LogP contribution in [-0.4, -0.2) is 23.0 Å². The summed E-state index contributed by atoms with van der Waals surface area (Å²) >= 11 is 0. The molecule has 2 N–H and O–H groups in total. The zero-order valence-corrected chi connectivity index (χ0v) is 9.32. The molecule has 1 aromatic heterocycles. The second-order valence-corrected chi connectivity index (χ2v) is 3.64. The average molecular weight is 225 g/mol. The summed E-state index contributed by atoms with van der Waals surface area (Å²) in [6, 6.07) is 2.78. The fraction of sp³-hybridized carbons (Fsp3) is 0.455. The van der Waals surface area contributed by atoms with Crippen LogP contribution < -0.4 is 5.32 Å². The fourth-order valence-corrected chi connectivity index (χ4v) is 1.23. The van der Waals surface area contributed by atoms with Gasteiger partial charge in [-0.2, -0.15) is 0 Å². The van der Waals surface area contributed by atoms with Crippen molar-refractivity contribution in [3.63, 3.8) is 0 Å². The van der Waals surface area contributed by atoms with E-state index in [4.69, 9.17) is 9.52 Å². The number of aryl methyl sites for hydroxylation is 2. The van der Waals surface area contributed by atoms with Gasteiger partial charge in [0, 0.05) is 12.8 Å². The Labute approximate surface area is 93.4 Å². The number of furan rings is 1. The van der Waals surface area contributed by atoms with E-state index in [0.29, 0.717) is 6.42 Å². The average Bonchev–Trinajstić information content (AvgIpc) is 2.61. The van der Waals surface area contributed by atoms with Crippen LogP contribution in [0.5, 0.6) is 0 Å². The molecule has 0 unspecified atom stereocenters. The highest BCUT2D eigenvalue weighted by atomic mass is 16.4. The van der Waals surface area contributed by atoms with Gasteiger partial charge < -0.3 is 14.8 Å². The van der Waals surface area contributed by atoms with Gasteiger partial charge in [0.05, 0.1) is 0 Å². The lowest BCUT2D eigenvalue weighted by molar-refractivity contribution is -0.141. The largest absolute Gasteiger partial charge is 0.480 e. The number of amides is 1. The van der Waals surface area contributed by atoms with Gasteiger partial charge in [-0.1, -0.05) is 0 Å². The Balaban J connectivity index is 2.33. The van der Waals surface area contributed by atoms with Crippen LogP contribution in [0.25, 0.3) is 0 Å². The lowest BCUT2D eigenvalue weighted by atomic mass is 10.2. The van der Waals surface area contributed by atoms with E-state index in [2.05, 4.69) is 5.32 Å². The predicted molar refractivity (Wildman–Crippen MR) is 57.0 cm³/mol. The molecule has 0 fully saturated rings. The lowest BCUT2D eigenvalue weighted by Crippen LogP contribution is -2.38. The molecule has 5 heteroatoms. The zero-order valence-electron chi connectivity index (χ0n) is 9.32. The summed E-state index contributed by atoms with van der Waals surface area (Å²) in [7, 11) is 0. The number of hydrogen-bond donors (Lipinski definition) is 2. The molecule has 5 nitrogen and oxygen atoms in total. The summed E-state index contributed by atoms with van der Waals surface area (Å²) < 4.78 is 5.29. The molecule has 1 amide bonds. The summed E-state index contributed by atoms with van der Waals surface area (Å²) in [5.74, 6) is 0.205. The normalized spacial score (nSPS) is 12.1. The second kappa shape index (κ2) is 5.34. The minimum absolute atomic E-state index is 0.227. The van der Waals surface area contributed by atoms with Gasteiger partial charge in [0.2, 0.25) is 5.91 Å². The summed E-state index contributed by atoms with van der Waals surface area (Å²) in [6.45, 7) is 3.26. The molecule has 16 heavy (non-hydrogen) atoms. The van der Waals surface area contributed by atoms with Crippen LogP contribution in [0.4, 0.5) is 0 Å². The summed E-state index contributed by atoms with van der Waals surface area (Å²) in [4.78, 5) is 21.8. The van der Waals surface area contributed by atoms with E-state index in [-0.39, 0.29) is 12.3 Å². The maximum atomic E-state index is 11.3. The molecule has 1 rings (SSSR count). The molecule has 0 radical (unpaired) electrons. The molecule has 88 valence electrons. The Hall–Kier alpha value is -1.78. The van der Waals surface area contributed by atoms with E-state index < -0.39 is 12.0 Å². The molecule has 0 aromatic carbocycles. The molecule has 0 saturated heterocycles. The number of carboxylic acids is 1.